The molecule has 0 fully saturated rings. The lowest BCUT2D eigenvalue weighted by Gasteiger charge is -2.15. The lowest BCUT2D eigenvalue weighted by Crippen LogP contribution is -2.05. The van der Waals surface area contributed by atoms with Gasteiger partial charge < -0.3 is 14.2 Å². The fraction of sp³-hybridized carbons (Fsp3) is 0.120. The number of hydrogen-bond acceptors (Lipinski definition) is 5. The minimum atomic E-state index is -0.540. The van der Waals surface area contributed by atoms with Gasteiger partial charge in [0.15, 0.2) is 17.2 Å². The zero-order chi connectivity index (χ0) is 23.4. The molecule has 3 aromatic rings. The number of halogens is 3. The second-order valence-electron chi connectivity index (χ2n) is 6.99. The number of aliphatic imine (C=N–C) groups is 1. The van der Waals surface area contributed by atoms with Gasteiger partial charge in [-0.2, -0.15) is 0 Å². The van der Waals surface area contributed by atoms with Crippen molar-refractivity contribution in [2.75, 3.05) is 6.61 Å². The van der Waals surface area contributed by atoms with Crippen LogP contribution in [0.3, 0.4) is 0 Å². The van der Waals surface area contributed by atoms with Crippen molar-refractivity contribution in [3.8, 4) is 11.5 Å². The third-order valence-electron chi connectivity index (χ3n) is 4.68. The first-order valence-corrected chi connectivity index (χ1v) is 11.6. The standard InChI is InChI=1S/C25H18Br2FNO4/c1-2-31-22-13-15(11-19(27)23(22)32-14-17-5-3-4-6-20(17)28)12-21-25(30)33-24(29-21)16-7-9-18(26)10-8-16/h3-13H,2,14H2,1H3/b21-12-. The highest BCUT2D eigenvalue weighted by molar-refractivity contribution is 9.10. The van der Waals surface area contributed by atoms with Gasteiger partial charge in [0.25, 0.3) is 0 Å². The molecule has 0 bridgehead atoms. The van der Waals surface area contributed by atoms with E-state index in [0.29, 0.717) is 39.3 Å². The van der Waals surface area contributed by atoms with Crippen molar-refractivity contribution in [1.82, 2.24) is 0 Å². The van der Waals surface area contributed by atoms with Crippen molar-refractivity contribution in [1.29, 1.82) is 0 Å². The first-order chi connectivity index (χ1) is 15.9. The molecule has 0 saturated heterocycles. The molecule has 1 aliphatic heterocycles. The van der Waals surface area contributed by atoms with Crippen LogP contribution >= 0.6 is 31.9 Å². The summed E-state index contributed by atoms with van der Waals surface area (Å²) in [7, 11) is 0. The van der Waals surface area contributed by atoms with E-state index in [1.807, 2.05) is 31.2 Å². The minimum absolute atomic E-state index is 0.0406. The molecular weight excluding hydrogens is 557 g/mol. The number of cyclic esters (lactones) is 1. The van der Waals surface area contributed by atoms with Crippen LogP contribution in [-0.4, -0.2) is 18.5 Å². The third kappa shape index (κ3) is 5.51. The zero-order valence-corrected chi connectivity index (χ0v) is 20.7. The van der Waals surface area contributed by atoms with E-state index in [1.54, 1.807) is 36.4 Å². The summed E-state index contributed by atoms with van der Waals surface area (Å²) in [5.74, 6) is 0.260. The van der Waals surface area contributed by atoms with Gasteiger partial charge in [0.2, 0.25) is 5.90 Å². The van der Waals surface area contributed by atoms with Gasteiger partial charge in [-0.15, -0.1) is 0 Å². The maximum atomic E-state index is 14.0. The molecule has 0 spiro atoms. The molecule has 168 valence electrons. The molecule has 0 radical (unpaired) electrons. The number of carbonyl (C=O) groups is 1. The first-order valence-electron chi connectivity index (χ1n) is 10.1. The molecule has 0 aliphatic carbocycles. The molecule has 3 aromatic carbocycles. The molecule has 0 saturated carbocycles. The predicted octanol–water partition coefficient (Wildman–Crippen LogP) is 6.67. The Morgan fingerprint density at radius 2 is 1.82 bits per heavy atom. The molecular formula is C25H18Br2FNO4. The second kappa shape index (κ2) is 10.3. The molecule has 0 N–H and O–H groups in total. The van der Waals surface area contributed by atoms with E-state index in [9.17, 15) is 9.18 Å². The highest BCUT2D eigenvalue weighted by atomic mass is 79.9. The number of ether oxygens (including phenoxy) is 3. The van der Waals surface area contributed by atoms with E-state index in [0.717, 1.165) is 4.47 Å². The van der Waals surface area contributed by atoms with E-state index in [2.05, 4.69) is 36.9 Å². The number of benzene rings is 3. The quantitative estimate of drug-likeness (QED) is 0.233. The van der Waals surface area contributed by atoms with Crippen LogP contribution in [0.1, 0.15) is 23.6 Å². The molecule has 1 heterocycles. The Hall–Kier alpha value is -2.97. The van der Waals surface area contributed by atoms with Gasteiger partial charge in [-0.05, 0) is 77.0 Å². The van der Waals surface area contributed by atoms with Crippen molar-refractivity contribution in [2.45, 2.75) is 13.5 Å². The van der Waals surface area contributed by atoms with Crippen LogP contribution in [0.25, 0.3) is 6.08 Å². The molecule has 0 amide bonds. The van der Waals surface area contributed by atoms with Crippen molar-refractivity contribution in [2.24, 2.45) is 4.99 Å². The van der Waals surface area contributed by atoms with E-state index in [4.69, 9.17) is 14.2 Å². The van der Waals surface area contributed by atoms with Crippen LogP contribution in [-0.2, 0) is 16.1 Å². The van der Waals surface area contributed by atoms with Gasteiger partial charge in [0, 0.05) is 15.6 Å². The van der Waals surface area contributed by atoms with Crippen molar-refractivity contribution in [3.63, 3.8) is 0 Å². The molecule has 1 aliphatic rings. The molecule has 0 aromatic heterocycles. The number of carbonyl (C=O) groups excluding carboxylic acids is 1. The van der Waals surface area contributed by atoms with E-state index < -0.39 is 5.97 Å². The monoisotopic (exact) mass is 573 g/mol. The number of nitrogens with zero attached hydrogens (tertiary/aromatic N) is 1. The van der Waals surface area contributed by atoms with Crippen LogP contribution in [0.5, 0.6) is 11.5 Å². The van der Waals surface area contributed by atoms with Crippen LogP contribution in [0.4, 0.5) is 4.39 Å². The Balaban J connectivity index is 1.61. The second-order valence-corrected chi connectivity index (χ2v) is 8.76. The Bertz CT molecular complexity index is 1260. The summed E-state index contributed by atoms with van der Waals surface area (Å²) in [4.78, 5) is 16.7. The molecule has 0 unspecified atom stereocenters. The van der Waals surface area contributed by atoms with Crippen LogP contribution in [0.15, 0.2) is 80.3 Å². The molecule has 0 atom stereocenters. The van der Waals surface area contributed by atoms with E-state index in [1.165, 1.54) is 6.07 Å². The van der Waals surface area contributed by atoms with Gasteiger partial charge in [0.05, 0.1) is 11.1 Å². The Kier molecular flexibility index (Phi) is 7.25. The largest absolute Gasteiger partial charge is 0.490 e. The summed E-state index contributed by atoms with van der Waals surface area (Å²) in [5.41, 5.74) is 1.96. The van der Waals surface area contributed by atoms with E-state index in [-0.39, 0.29) is 24.0 Å². The average Bonchev–Trinajstić information content (AvgIpc) is 3.15. The van der Waals surface area contributed by atoms with Crippen LogP contribution in [0.2, 0.25) is 0 Å². The molecule has 5 nitrogen and oxygen atoms in total. The topological polar surface area (TPSA) is 57.1 Å². The summed E-state index contributed by atoms with van der Waals surface area (Å²) in [6.45, 7) is 2.29. The highest BCUT2D eigenvalue weighted by Gasteiger charge is 2.24. The number of rotatable bonds is 7. The van der Waals surface area contributed by atoms with Crippen LogP contribution in [0, 0.1) is 5.82 Å². The van der Waals surface area contributed by atoms with E-state index >= 15 is 0 Å². The summed E-state index contributed by atoms with van der Waals surface area (Å²) in [6, 6.07) is 17.2. The SMILES string of the molecule is CCOc1cc(/C=C2\N=C(c3ccc(Br)cc3)OC2=O)cc(Br)c1OCc1ccccc1F. The normalized spacial score (nSPS) is 14.2. The Morgan fingerprint density at radius 3 is 2.55 bits per heavy atom. The smallest absolute Gasteiger partial charge is 0.363 e. The van der Waals surface area contributed by atoms with Crippen molar-refractivity contribution in [3.05, 3.63) is 97.8 Å². The maximum absolute atomic E-state index is 14.0. The Labute approximate surface area is 207 Å². The van der Waals surface area contributed by atoms with Crippen molar-refractivity contribution >= 4 is 49.8 Å². The fourth-order valence-corrected chi connectivity index (χ4v) is 3.96. The molecule has 4 rings (SSSR count). The predicted molar refractivity (Wildman–Crippen MR) is 131 cm³/mol. The summed E-state index contributed by atoms with van der Waals surface area (Å²) in [6.07, 6.45) is 1.61. The number of esters is 1. The number of hydrogen-bond donors (Lipinski definition) is 0. The lowest BCUT2D eigenvalue weighted by atomic mass is 10.1. The fourth-order valence-electron chi connectivity index (χ4n) is 3.12. The summed E-state index contributed by atoms with van der Waals surface area (Å²) in [5, 5.41) is 0. The zero-order valence-electron chi connectivity index (χ0n) is 17.5. The minimum Gasteiger partial charge on any atom is -0.490 e. The van der Waals surface area contributed by atoms with Crippen LogP contribution < -0.4 is 9.47 Å². The average molecular weight is 575 g/mol. The highest BCUT2D eigenvalue weighted by Crippen LogP contribution is 2.38. The van der Waals surface area contributed by atoms with Gasteiger partial charge in [-0.1, -0.05) is 34.1 Å². The summed E-state index contributed by atoms with van der Waals surface area (Å²) >= 11 is 6.87. The van der Waals surface area contributed by atoms with Gasteiger partial charge in [0.1, 0.15) is 12.4 Å². The van der Waals surface area contributed by atoms with Crippen molar-refractivity contribution < 1.29 is 23.4 Å². The lowest BCUT2D eigenvalue weighted by molar-refractivity contribution is -0.129. The van der Waals surface area contributed by atoms with Gasteiger partial charge >= 0.3 is 5.97 Å². The third-order valence-corrected chi connectivity index (χ3v) is 5.79. The van der Waals surface area contributed by atoms with Gasteiger partial charge in [-0.25, -0.2) is 14.2 Å². The molecule has 8 heteroatoms. The summed E-state index contributed by atoms with van der Waals surface area (Å²) < 4.78 is 32.4. The first kappa shape index (κ1) is 23.2. The molecule has 33 heavy (non-hydrogen) atoms. The maximum Gasteiger partial charge on any atom is 0.363 e. The Morgan fingerprint density at radius 1 is 1.06 bits per heavy atom. The van der Waals surface area contributed by atoms with Gasteiger partial charge in [-0.3, -0.25) is 0 Å².